The fraction of sp³-hybridized carbons (Fsp3) is 1.00. The summed E-state index contributed by atoms with van der Waals surface area (Å²) in [5.41, 5.74) is 0. The zero-order valence-electron chi connectivity index (χ0n) is 26.8. The Hall–Kier alpha value is -0.640. The molecule has 0 aromatic carbocycles. The van der Waals surface area contributed by atoms with Gasteiger partial charge in [0.25, 0.3) is 0 Å². The molecule has 5 saturated heterocycles. The van der Waals surface area contributed by atoms with Crippen LogP contribution in [0.2, 0.25) is 0 Å². The highest BCUT2D eigenvalue weighted by atomic mass is 16.8. The highest BCUT2D eigenvalue weighted by molar-refractivity contribution is 4.83. The van der Waals surface area contributed by atoms with Gasteiger partial charge in [0.05, 0.1) is 132 Å². The summed E-state index contributed by atoms with van der Waals surface area (Å²) in [5, 5.41) is 0. The smallest absolute Gasteiger partial charge is 0.216 e. The van der Waals surface area contributed by atoms with Gasteiger partial charge < -0.3 is 75.8 Å². The fourth-order valence-electron chi connectivity index (χ4n) is 5.45. The Morgan fingerprint density at radius 1 is 0.239 bits per heavy atom. The van der Waals surface area contributed by atoms with Crippen LogP contribution in [0.3, 0.4) is 0 Å². The first-order valence-corrected chi connectivity index (χ1v) is 16.4. The molecular weight excluding hydrogens is 616 g/mol. The molecule has 5 rings (SSSR count). The minimum Gasteiger partial charge on any atom is -0.377 e. The summed E-state index contributed by atoms with van der Waals surface area (Å²) in [4.78, 5) is 0. The minimum absolute atomic E-state index is 0.276. The van der Waals surface area contributed by atoms with Crippen molar-refractivity contribution in [3.63, 3.8) is 0 Å². The lowest BCUT2D eigenvalue weighted by atomic mass is 10.2. The molecular formula is C30H52O16. The summed E-state index contributed by atoms with van der Waals surface area (Å²) >= 11 is 0. The van der Waals surface area contributed by atoms with Crippen LogP contribution in [0.15, 0.2) is 0 Å². The van der Waals surface area contributed by atoms with Crippen molar-refractivity contribution in [1.82, 2.24) is 0 Å². The van der Waals surface area contributed by atoms with Crippen molar-refractivity contribution < 1.29 is 75.8 Å². The molecule has 0 aromatic heterocycles. The van der Waals surface area contributed by atoms with Crippen LogP contribution in [0.4, 0.5) is 0 Å². The molecule has 0 saturated carbocycles. The van der Waals surface area contributed by atoms with Crippen LogP contribution in [0, 0.1) is 0 Å². The second-order valence-electron chi connectivity index (χ2n) is 11.6. The Morgan fingerprint density at radius 3 is 0.674 bits per heavy atom. The normalized spacial score (nSPS) is 38.6. The van der Waals surface area contributed by atoms with Gasteiger partial charge in [0.1, 0.15) is 50.8 Å². The minimum atomic E-state index is -0.969. The van der Waals surface area contributed by atoms with E-state index in [4.69, 9.17) is 75.8 Å². The lowest BCUT2D eigenvalue weighted by Crippen LogP contribution is -2.59. The summed E-state index contributed by atoms with van der Waals surface area (Å²) in [6.45, 7) is 9.48. The van der Waals surface area contributed by atoms with E-state index >= 15 is 0 Å². The highest BCUT2D eigenvalue weighted by Gasteiger charge is 2.46. The lowest BCUT2D eigenvalue weighted by molar-refractivity contribution is -0.376. The predicted octanol–water partition coefficient (Wildman–Crippen LogP) is -0.813. The molecule has 4 atom stereocenters. The predicted molar refractivity (Wildman–Crippen MR) is 155 cm³/mol. The van der Waals surface area contributed by atoms with Crippen molar-refractivity contribution in [3.05, 3.63) is 0 Å². The van der Waals surface area contributed by atoms with E-state index in [1.54, 1.807) is 0 Å². The van der Waals surface area contributed by atoms with Crippen LogP contribution in [-0.4, -0.2) is 195 Å². The van der Waals surface area contributed by atoms with Crippen LogP contribution >= 0.6 is 0 Å². The fourth-order valence-corrected chi connectivity index (χ4v) is 5.45. The van der Waals surface area contributed by atoms with Crippen molar-refractivity contribution in [2.45, 2.75) is 36.0 Å². The van der Waals surface area contributed by atoms with E-state index in [1.807, 2.05) is 0 Å². The molecule has 5 heterocycles. The topological polar surface area (TPSA) is 148 Å². The van der Waals surface area contributed by atoms with Crippen molar-refractivity contribution in [2.24, 2.45) is 0 Å². The maximum absolute atomic E-state index is 6.21. The summed E-state index contributed by atoms with van der Waals surface area (Å²) in [6, 6.07) is 0. The molecule has 0 radical (unpaired) electrons. The van der Waals surface area contributed by atoms with Crippen molar-refractivity contribution in [1.29, 1.82) is 0 Å². The van der Waals surface area contributed by atoms with E-state index in [2.05, 4.69) is 0 Å². The first-order valence-electron chi connectivity index (χ1n) is 16.4. The average Bonchev–Trinajstić information content (AvgIpc) is 3.06. The maximum Gasteiger partial charge on any atom is 0.216 e. The van der Waals surface area contributed by atoms with Gasteiger partial charge >= 0.3 is 0 Å². The summed E-state index contributed by atoms with van der Waals surface area (Å²) in [7, 11) is 0. The Bertz CT molecular complexity index is 679. The molecule has 46 heavy (non-hydrogen) atoms. The Kier molecular flexibility index (Phi) is 16.5. The zero-order valence-corrected chi connectivity index (χ0v) is 26.8. The molecule has 4 unspecified atom stereocenters. The largest absolute Gasteiger partial charge is 0.377 e. The van der Waals surface area contributed by atoms with Crippen LogP contribution in [0.1, 0.15) is 0 Å². The van der Waals surface area contributed by atoms with Crippen LogP contribution < -0.4 is 0 Å². The third-order valence-electron chi connectivity index (χ3n) is 7.48. The standard InChI is InChI=1S/C30H52O16/c1-2-32-6-10-36-14-26-18-40-23-30(44-26)24-42-20-28(46-30)16-38-12-8-34-4-3-33-7-11-37-15-27-19-41-22-29(45-27)21-39-17-25(43-29)13-35-9-5-31-1/h25-28H,1-24H2. The van der Waals surface area contributed by atoms with E-state index in [9.17, 15) is 0 Å². The van der Waals surface area contributed by atoms with Gasteiger partial charge in [-0.05, 0) is 0 Å². The monoisotopic (exact) mass is 668 g/mol. The Balaban J connectivity index is 1.01. The molecule has 0 aliphatic carbocycles. The Labute approximate surface area is 270 Å². The lowest BCUT2D eigenvalue weighted by Gasteiger charge is -2.44. The molecule has 0 aromatic rings. The number of hydrogen-bond donors (Lipinski definition) is 0. The van der Waals surface area contributed by atoms with E-state index in [1.165, 1.54) is 0 Å². The number of hydrogen-bond acceptors (Lipinski definition) is 16. The molecule has 5 aliphatic heterocycles. The molecule has 0 N–H and O–H groups in total. The third-order valence-corrected chi connectivity index (χ3v) is 7.48. The summed E-state index contributed by atoms with van der Waals surface area (Å²) in [6.07, 6.45) is -1.10. The van der Waals surface area contributed by atoms with Gasteiger partial charge in [-0.2, -0.15) is 0 Å². The number of fused-ring (bicyclic) bond motifs is 4. The van der Waals surface area contributed by atoms with E-state index in [0.717, 1.165) is 0 Å². The Morgan fingerprint density at radius 2 is 0.435 bits per heavy atom. The molecule has 6 bridgehead atoms. The first-order chi connectivity index (χ1) is 22.7. The van der Waals surface area contributed by atoms with Gasteiger partial charge in [0.15, 0.2) is 0 Å². The SMILES string of the molecule is C1COCCOCC2COCC3(COCC(COCCOCCOCCOCC4COCC5(COCC(COCCO1)O5)O4)O3)O2. The van der Waals surface area contributed by atoms with Gasteiger partial charge in [-0.15, -0.1) is 0 Å². The number of ether oxygens (including phenoxy) is 16. The van der Waals surface area contributed by atoms with Crippen LogP contribution in [-0.2, 0) is 75.8 Å². The average molecular weight is 669 g/mol. The van der Waals surface area contributed by atoms with Crippen LogP contribution in [0.25, 0.3) is 0 Å². The van der Waals surface area contributed by atoms with Gasteiger partial charge in [0.2, 0.25) is 11.6 Å². The van der Waals surface area contributed by atoms with Crippen molar-refractivity contribution >= 4 is 0 Å². The molecule has 5 aliphatic rings. The van der Waals surface area contributed by atoms with Crippen molar-refractivity contribution in [3.8, 4) is 0 Å². The quantitative estimate of drug-likeness (QED) is 0.317. The van der Waals surface area contributed by atoms with E-state index in [0.29, 0.717) is 132 Å². The third kappa shape index (κ3) is 13.0. The summed E-state index contributed by atoms with van der Waals surface area (Å²) in [5.74, 6) is -1.94. The highest BCUT2D eigenvalue weighted by Crippen LogP contribution is 2.29. The molecule has 16 heteroatoms. The van der Waals surface area contributed by atoms with Gasteiger partial charge in [0, 0.05) is 0 Å². The van der Waals surface area contributed by atoms with E-state index < -0.39 is 11.6 Å². The first kappa shape index (κ1) is 36.6. The second kappa shape index (κ2) is 20.8. The summed E-state index contributed by atoms with van der Waals surface area (Å²) < 4.78 is 93.4. The van der Waals surface area contributed by atoms with Gasteiger partial charge in [-0.1, -0.05) is 0 Å². The molecule has 0 amide bonds. The van der Waals surface area contributed by atoms with E-state index in [-0.39, 0.29) is 50.8 Å². The maximum atomic E-state index is 6.21. The molecule has 5 fully saturated rings. The van der Waals surface area contributed by atoms with Crippen LogP contribution in [0.5, 0.6) is 0 Å². The van der Waals surface area contributed by atoms with Crippen molar-refractivity contribution in [2.75, 3.05) is 159 Å². The molecule has 2 spiro atoms. The molecule has 268 valence electrons. The number of rotatable bonds is 0. The molecule has 16 nitrogen and oxygen atoms in total. The second-order valence-corrected chi connectivity index (χ2v) is 11.6. The van der Waals surface area contributed by atoms with Gasteiger partial charge in [-0.3, -0.25) is 0 Å². The van der Waals surface area contributed by atoms with Gasteiger partial charge in [-0.25, -0.2) is 0 Å². The zero-order chi connectivity index (χ0) is 31.6.